The van der Waals surface area contributed by atoms with Gasteiger partial charge in [-0.1, -0.05) is 40.0 Å². The van der Waals surface area contributed by atoms with Crippen LogP contribution in [-0.4, -0.2) is 0 Å². The summed E-state index contributed by atoms with van der Waals surface area (Å²) in [7, 11) is 0. The third-order valence-corrected chi connectivity index (χ3v) is 6.30. The lowest BCUT2D eigenvalue weighted by Crippen LogP contribution is -2.15. The Kier molecular flexibility index (Phi) is 2.43. The number of hydrogen-bond acceptors (Lipinski definition) is 0. The van der Waals surface area contributed by atoms with E-state index in [2.05, 4.69) is 20.8 Å². The summed E-state index contributed by atoms with van der Waals surface area (Å²) in [6.07, 6.45) is 12.2. The minimum atomic E-state index is 0.881. The van der Waals surface area contributed by atoms with E-state index >= 15 is 0 Å². The maximum atomic E-state index is 2.46. The standard InChI is InChI=1S/C16H28/c1-4-6-7-15(8-9-15)16-11-14(16)13(16)10-12(3)5-2/h12-14H,4-11H2,1-3H3. The molecule has 3 aliphatic carbocycles. The van der Waals surface area contributed by atoms with Crippen molar-refractivity contribution in [3.8, 4) is 0 Å². The molecule has 3 saturated carbocycles. The van der Waals surface area contributed by atoms with Crippen LogP contribution in [0.15, 0.2) is 0 Å². The van der Waals surface area contributed by atoms with Gasteiger partial charge in [0.2, 0.25) is 0 Å². The highest BCUT2D eigenvalue weighted by atomic mass is 14.9. The summed E-state index contributed by atoms with van der Waals surface area (Å²) in [5, 5.41) is 0. The number of hydrogen-bond donors (Lipinski definition) is 0. The van der Waals surface area contributed by atoms with Gasteiger partial charge < -0.3 is 0 Å². The molecule has 0 aromatic heterocycles. The summed E-state index contributed by atoms with van der Waals surface area (Å²) in [4.78, 5) is 0. The normalized spacial score (nSPS) is 43.7. The molecule has 4 unspecified atom stereocenters. The van der Waals surface area contributed by atoms with Crippen LogP contribution < -0.4 is 0 Å². The fourth-order valence-electron chi connectivity index (χ4n) is 4.63. The highest BCUT2D eigenvalue weighted by Crippen LogP contribution is 2.93. The predicted molar refractivity (Wildman–Crippen MR) is 69.3 cm³/mol. The fraction of sp³-hybridized carbons (Fsp3) is 1.00. The molecule has 0 bridgehead atoms. The van der Waals surface area contributed by atoms with Crippen molar-refractivity contribution in [3.63, 3.8) is 0 Å². The van der Waals surface area contributed by atoms with E-state index < -0.39 is 0 Å². The van der Waals surface area contributed by atoms with E-state index in [4.69, 9.17) is 0 Å². The summed E-state index contributed by atoms with van der Waals surface area (Å²) in [6, 6.07) is 0. The lowest BCUT2D eigenvalue weighted by molar-refractivity contribution is 0.254. The Hall–Kier alpha value is 0. The molecule has 3 aliphatic rings. The average molecular weight is 220 g/mol. The first-order chi connectivity index (χ1) is 7.70. The van der Waals surface area contributed by atoms with Gasteiger partial charge in [0.05, 0.1) is 0 Å². The Labute approximate surface area is 101 Å². The third-order valence-electron chi connectivity index (χ3n) is 6.30. The molecule has 0 N–H and O–H groups in total. The summed E-state index contributed by atoms with van der Waals surface area (Å²) in [5.74, 6) is 3.35. The second kappa shape index (κ2) is 3.50. The molecular formula is C16H28. The van der Waals surface area contributed by atoms with Crippen LogP contribution in [0.3, 0.4) is 0 Å². The van der Waals surface area contributed by atoms with Gasteiger partial charge in [-0.3, -0.25) is 0 Å². The maximum absolute atomic E-state index is 2.46. The zero-order chi connectivity index (χ0) is 11.4. The average Bonchev–Trinajstić information content (AvgIpc) is 3.14. The Morgan fingerprint density at radius 2 is 2.00 bits per heavy atom. The van der Waals surface area contributed by atoms with E-state index in [1.807, 2.05) is 0 Å². The van der Waals surface area contributed by atoms with Crippen LogP contribution in [-0.2, 0) is 0 Å². The van der Waals surface area contributed by atoms with Gasteiger partial charge in [0, 0.05) is 0 Å². The second-order valence-electron chi connectivity index (χ2n) is 7.09. The molecule has 0 amide bonds. The molecular weight excluding hydrogens is 192 g/mol. The molecule has 92 valence electrons. The van der Waals surface area contributed by atoms with Gasteiger partial charge >= 0.3 is 0 Å². The van der Waals surface area contributed by atoms with Crippen molar-refractivity contribution < 1.29 is 0 Å². The monoisotopic (exact) mass is 220 g/mol. The van der Waals surface area contributed by atoms with E-state index in [1.165, 1.54) is 31.1 Å². The lowest BCUT2D eigenvalue weighted by Gasteiger charge is -2.24. The van der Waals surface area contributed by atoms with Gasteiger partial charge in [-0.15, -0.1) is 0 Å². The van der Waals surface area contributed by atoms with Crippen LogP contribution in [0.5, 0.6) is 0 Å². The molecule has 0 heteroatoms. The van der Waals surface area contributed by atoms with Gasteiger partial charge in [-0.2, -0.15) is 0 Å². The smallest absolute Gasteiger partial charge is 0.0175 e. The predicted octanol–water partition coefficient (Wildman–Crippen LogP) is 5.03. The minimum absolute atomic E-state index is 0.881. The molecule has 16 heavy (non-hydrogen) atoms. The topological polar surface area (TPSA) is 0 Å². The Morgan fingerprint density at radius 3 is 2.50 bits per heavy atom. The highest BCUT2D eigenvalue weighted by molar-refractivity contribution is 5.34. The molecule has 3 fully saturated rings. The first-order valence-electron chi connectivity index (χ1n) is 7.70. The zero-order valence-electron chi connectivity index (χ0n) is 11.4. The molecule has 0 aliphatic heterocycles. The second-order valence-corrected chi connectivity index (χ2v) is 7.09. The van der Waals surface area contributed by atoms with Crippen molar-refractivity contribution in [1.29, 1.82) is 0 Å². The van der Waals surface area contributed by atoms with E-state index in [1.54, 1.807) is 32.1 Å². The molecule has 0 spiro atoms. The molecule has 0 nitrogen and oxygen atoms in total. The van der Waals surface area contributed by atoms with Crippen LogP contribution in [0.2, 0.25) is 0 Å². The molecule has 0 heterocycles. The molecule has 0 saturated heterocycles. The lowest BCUT2D eigenvalue weighted by atomic mass is 9.81. The van der Waals surface area contributed by atoms with Crippen molar-refractivity contribution in [2.75, 3.05) is 0 Å². The Morgan fingerprint density at radius 1 is 1.25 bits per heavy atom. The van der Waals surface area contributed by atoms with Crippen LogP contribution in [0, 0.1) is 28.6 Å². The number of fused-ring (bicyclic) bond motifs is 1. The Balaban J connectivity index is 1.57. The number of unbranched alkanes of at least 4 members (excludes halogenated alkanes) is 1. The zero-order valence-corrected chi connectivity index (χ0v) is 11.4. The summed E-state index contributed by atoms with van der Waals surface area (Å²) in [6.45, 7) is 7.16. The van der Waals surface area contributed by atoms with Crippen LogP contribution in [0.1, 0.15) is 72.1 Å². The summed E-state index contributed by atoms with van der Waals surface area (Å²) in [5.41, 5.74) is 1.80. The highest BCUT2D eigenvalue weighted by Gasteiger charge is 2.86. The maximum Gasteiger partial charge on any atom is -0.0175 e. The molecule has 0 aromatic carbocycles. The first kappa shape index (κ1) is 11.1. The van der Waals surface area contributed by atoms with Crippen molar-refractivity contribution in [1.82, 2.24) is 0 Å². The minimum Gasteiger partial charge on any atom is -0.0654 e. The molecule has 0 aromatic rings. The quantitative estimate of drug-likeness (QED) is 0.564. The van der Waals surface area contributed by atoms with E-state index in [0.717, 1.165) is 16.7 Å². The van der Waals surface area contributed by atoms with E-state index in [-0.39, 0.29) is 0 Å². The van der Waals surface area contributed by atoms with Gasteiger partial charge in [-0.25, -0.2) is 0 Å². The molecule has 4 atom stereocenters. The molecule has 0 radical (unpaired) electrons. The van der Waals surface area contributed by atoms with E-state index in [0.29, 0.717) is 0 Å². The van der Waals surface area contributed by atoms with Crippen LogP contribution >= 0.6 is 0 Å². The van der Waals surface area contributed by atoms with Gasteiger partial charge in [0.15, 0.2) is 0 Å². The van der Waals surface area contributed by atoms with Crippen LogP contribution in [0.25, 0.3) is 0 Å². The summed E-state index contributed by atoms with van der Waals surface area (Å²) >= 11 is 0. The molecule has 3 rings (SSSR count). The Bertz CT molecular complexity index is 276. The van der Waals surface area contributed by atoms with Crippen molar-refractivity contribution in [2.45, 2.75) is 72.1 Å². The van der Waals surface area contributed by atoms with Gasteiger partial charge in [-0.05, 0) is 60.7 Å². The van der Waals surface area contributed by atoms with Gasteiger partial charge in [0.25, 0.3) is 0 Å². The van der Waals surface area contributed by atoms with Crippen molar-refractivity contribution in [2.24, 2.45) is 28.6 Å². The summed E-state index contributed by atoms with van der Waals surface area (Å²) < 4.78 is 0. The van der Waals surface area contributed by atoms with E-state index in [9.17, 15) is 0 Å². The van der Waals surface area contributed by atoms with Gasteiger partial charge in [0.1, 0.15) is 0 Å². The SMILES string of the molecule is CCCCC1(C23CC2C3CC(C)CC)CC1. The largest absolute Gasteiger partial charge is 0.0654 e. The first-order valence-corrected chi connectivity index (χ1v) is 7.70. The third kappa shape index (κ3) is 1.34. The number of rotatable bonds is 7. The fourth-order valence-corrected chi connectivity index (χ4v) is 4.63. The van der Waals surface area contributed by atoms with Crippen LogP contribution in [0.4, 0.5) is 0 Å². The van der Waals surface area contributed by atoms with Crippen molar-refractivity contribution >= 4 is 0 Å². The van der Waals surface area contributed by atoms with Crippen molar-refractivity contribution in [3.05, 3.63) is 0 Å².